The second-order valence-corrected chi connectivity index (χ2v) is 10.2. The van der Waals surface area contributed by atoms with Gasteiger partial charge in [0.2, 0.25) is 10.0 Å². The Morgan fingerprint density at radius 3 is 2.71 bits per heavy atom. The molecule has 8 nitrogen and oxygen atoms in total. The Hall–Kier alpha value is -3.81. The minimum absolute atomic E-state index is 0.00920. The van der Waals surface area contributed by atoms with Crippen molar-refractivity contribution in [2.75, 3.05) is 13.1 Å². The Balaban J connectivity index is 1.41. The number of nitriles is 1. The zero-order valence-corrected chi connectivity index (χ0v) is 20.0. The molecular formula is C25H25FN6O2S. The van der Waals surface area contributed by atoms with Gasteiger partial charge in [0.1, 0.15) is 16.8 Å². The van der Waals surface area contributed by atoms with Gasteiger partial charge in [-0.2, -0.15) is 14.7 Å². The van der Waals surface area contributed by atoms with E-state index >= 15 is 0 Å². The van der Waals surface area contributed by atoms with Crippen molar-refractivity contribution in [3.63, 3.8) is 0 Å². The van der Waals surface area contributed by atoms with Crippen LogP contribution in [0.25, 0.3) is 17.8 Å². The number of benzene rings is 1. The number of hydrogen-bond acceptors (Lipinski definition) is 6. The number of rotatable bonds is 7. The van der Waals surface area contributed by atoms with Gasteiger partial charge in [-0.3, -0.25) is 9.67 Å². The maximum Gasteiger partial charge on any atom is 0.246 e. The lowest BCUT2D eigenvalue weighted by molar-refractivity contribution is 0.305. The fourth-order valence-electron chi connectivity index (χ4n) is 3.97. The number of nitrogens with zero attached hydrogens (tertiary/aromatic N) is 5. The molecule has 0 bridgehead atoms. The Labute approximate surface area is 204 Å². The lowest BCUT2D eigenvalue weighted by atomic mass is 10.0. The molecule has 1 aliphatic heterocycles. The summed E-state index contributed by atoms with van der Waals surface area (Å²) >= 11 is 0. The molecule has 1 fully saturated rings. The number of piperidine rings is 1. The highest BCUT2D eigenvalue weighted by atomic mass is 32.2. The van der Waals surface area contributed by atoms with E-state index in [4.69, 9.17) is 5.26 Å². The molecule has 0 atom stereocenters. The predicted octanol–water partition coefficient (Wildman–Crippen LogP) is 3.41. The summed E-state index contributed by atoms with van der Waals surface area (Å²) in [4.78, 5) is 4.41. The summed E-state index contributed by atoms with van der Waals surface area (Å²) in [5.74, 6) is -0.550. The number of aromatic nitrogens is 3. The van der Waals surface area contributed by atoms with Crippen LogP contribution in [0.3, 0.4) is 0 Å². The van der Waals surface area contributed by atoms with Crippen LogP contribution >= 0.6 is 0 Å². The smallest absolute Gasteiger partial charge is 0.246 e. The molecule has 180 valence electrons. The Kier molecular flexibility index (Phi) is 7.10. The normalized spacial score (nSPS) is 15.2. The van der Waals surface area contributed by atoms with Crippen LogP contribution in [0.4, 0.5) is 4.39 Å². The zero-order valence-electron chi connectivity index (χ0n) is 19.2. The van der Waals surface area contributed by atoms with Crippen LogP contribution in [-0.4, -0.2) is 46.6 Å². The van der Waals surface area contributed by atoms with E-state index in [1.54, 1.807) is 31.6 Å². The van der Waals surface area contributed by atoms with Crippen LogP contribution in [0, 0.1) is 17.1 Å². The fourth-order valence-corrected chi connectivity index (χ4v) is 5.42. The standard InChI is InChI=1S/C25H25FN6O2S/c1-18(30-22-8-11-32(12-9-22)35(33,34)23-15-29-31(2)17-23)24-16-28-10-7-20(24)5-3-19-4-6-25(26)21(13-19)14-27/h3-7,10,13,15-17,22,30H,1,8-9,11-12H2,2H3/b5-3+. The van der Waals surface area contributed by atoms with Gasteiger partial charge in [0, 0.05) is 56.0 Å². The summed E-state index contributed by atoms with van der Waals surface area (Å²) in [6.07, 6.45) is 11.2. The van der Waals surface area contributed by atoms with Crippen molar-refractivity contribution in [1.29, 1.82) is 5.26 Å². The van der Waals surface area contributed by atoms with Crippen LogP contribution in [-0.2, 0) is 17.1 Å². The van der Waals surface area contributed by atoms with Crippen LogP contribution < -0.4 is 5.32 Å². The second-order valence-electron chi connectivity index (χ2n) is 8.30. The molecule has 1 N–H and O–H groups in total. The summed E-state index contributed by atoms with van der Waals surface area (Å²) in [5, 5.41) is 16.4. The van der Waals surface area contributed by atoms with Crippen molar-refractivity contribution >= 4 is 27.9 Å². The number of nitrogens with one attached hydrogen (secondary N) is 1. The maximum atomic E-state index is 13.6. The molecule has 10 heteroatoms. The third-order valence-electron chi connectivity index (χ3n) is 5.90. The molecule has 0 saturated carbocycles. The van der Waals surface area contributed by atoms with E-state index < -0.39 is 15.8 Å². The average molecular weight is 493 g/mol. The van der Waals surface area contributed by atoms with Gasteiger partial charge in [-0.1, -0.05) is 24.8 Å². The first-order valence-electron chi connectivity index (χ1n) is 11.0. The summed E-state index contributed by atoms with van der Waals surface area (Å²) < 4.78 is 42.2. The van der Waals surface area contributed by atoms with Gasteiger partial charge in [0.25, 0.3) is 0 Å². The lowest BCUT2D eigenvalue weighted by Crippen LogP contribution is -2.44. The van der Waals surface area contributed by atoms with Gasteiger partial charge in [-0.05, 0) is 42.2 Å². The van der Waals surface area contributed by atoms with Gasteiger partial charge in [0.05, 0.1) is 11.8 Å². The van der Waals surface area contributed by atoms with E-state index in [-0.39, 0.29) is 16.5 Å². The lowest BCUT2D eigenvalue weighted by Gasteiger charge is -2.32. The number of pyridine rings is 1. The molecule has 2 aromatic heterocycles. The molecule has 1 aliphatic rings. The Morgan fingerprint density at radius 1 is 1.26 bits per heavy atom. The third kappa shape index (κ3) is 5.48. The van der Waals surface area contributed by atoms with Crippen molar-refractivity contribution in [2.24, 2.45) is 7.05 Å². The largest absolute Gasteiger partial charge is 0.382 e. The SMILES string of the molecule is C=C(NC1CCN(S(=O)(=O)c2cnn(C)c2)CC1)c1cnccc1/C=C/c1ccc(F)c(C#N)c1. The first kappa shape index (κ1) is 24.3. The molecule has 35 heavy (non-hydrogen) atoms. The summed E-state index contributed by atoms with van der Waals surface area (Å²) in [5.41, 5.74) is 3.04. The summed E-state index contributed by atoms with van der Waals surface area (Å²) in [7, 11) is -1.87. The van der Waals surface area contributed by atoms with Crippen molar-refractivity contribution in [1.82, 2.24) is 24.4 Å². The quantitative estimate of drug-likeness (QED) is 0.542. The predicted molar refractivity (Wildman–Crippen MR) is 131 cm³/mol. The molecule has 0 radical (unpaired) electrons. The molecule has 1 saturated heterocycles. The minimum Gasteiger partial charge on any atom is -0.382 e. The Morgan fingerprint density at radius 2 is 2.03 bits per heavy atom. The van der Waals surface area contributed by atoms with Crippen LogP contribution in [0.2, 0.25) is 0 Å². The molecular weight excluding hydrogens is 467 g/mol. The second kappa shape index (κ2) is 10.2. The topological polar surface area (TPSA) is 104 Å². The zero-order chi connectivity index (χ0) is 25.0. The monoisotopic (exact) mass is 492 g/mol. The van der Waals surface area contributed by atoms with E-state index in [0.29, 0.717) is 37.2 Å². The number of halogens is 1. The van der Waals surface area contributed by atoms with Gasteiger partial charge in [-0.15, -0.1) is 0 Å². The van der Waals surface area contributed by atoms with Crippen molar-refractivity contribution in [3.05, 3.63) is 83.7 Å². The van der Waals surface area contributed by atoms with Gasteiger partial charge in [0.15, 0.2) is 0 Å². The number of aryl methyl sites for hydroxylation is 1. The van der Waals surface area contributed by atoms with Gasteiger partial charge in [-0.25, -0.2) is 12.8 Å². The van der Waals surface area contributed by atoms with E-state index in [1.807, 2.05) is 18.2 Å². The maximum absolute atomic E-state index is 13.6. The van der Waals surface area contributed by atoms with Crippen molar-refractivity contribution < 1.29 is 12.8 Å². The fraction of sp³-hybridized carbons (Fsp3) is 0.240. The summed E-state index contributed by atoms with van der Waals surface area (Å²) in [6.45, 7) is 4.96. The molecule has 0 spiro atoms. The highest BCUT2D eigenvalue weighted by molar-refractivity contribution is 7.89. The van der Waals surface area contributed by atoms with Gasteiger partial charge < -0.3 is 5.32 Å². The van der Waals surface area contributed by atoms with Crippen LogP contribution in [0.15, 0.2) is 60.5 Å². The molecule has 0 unspecified atom stereocenters. The summed E-state index contributed by atoms with van der Waals surface area (Å²) in [6, 6.07) is 8.12. The molecule has 4 rings (SSSR count). The third-order valence-corrected chi connectivity index (χ3v) is 7.75. The molecule has 1 aromatic carbocycles. The van der Waals surface area contributed by atoms with Gasteiger partial charge >= 0.3 is 0 Å². The van der Waals surface area contributed by atoms with E-state index in [0.717, 1.165) is 11.1 Å². The van der Waals surface area contributed by atoms with Crippen LogP contribution in [0.1, 0.15) is 35.1 Å². The van der Waals surface area contributed by atoms with Crippen molar-refractivity contribution in [3.8, 4) is 6.07 Å². The first-order chi connectivity index (χ1) is 16.8. The Bertz CT molecular complexity index is 1420. The average Bonchev–Trinajstić information content (AvgIpc) is 3.31. The highest BCUT2D eigenvalue weighted by Gasteiger charge is 2.30. The molecule has 0 amide bonds. The first-order valence-corrected chi connectivity index (χ1v) is 12.5. The van der Waals surface area contributed by atoms with Crippen molar-refractivity contribution in [2.45, 2.75) is 23.8 Å². The van der Waals surface area contributed by atoms with E-state index in [9.17, 15) is 12.8 Å². The number of sulfonamides is 1. The molecule has 0 aliphatic carbocycles. The minimum atomic E-state index is -3.56. The molecule has 3 heterocycles. The van der Waals surface area contributed by atoms with E-state index in [2.05, 4.69) is 22.0 Å². The van der Waals surface area contributed by atoms with Crippen LogP contribution in [0.5, 0.6) is 0 Å². The molecule has 3 aromatic rings. The van der Waals surface area contributed by atoms with E-state index in [1.165, 1.54) is 33.5 Å². The number of hydrogen-bond donors (Lipinski definition) is 1. The highest BCUT2D eigenvalue weighted by Crippen LogP contribution is 2.23.